The fourth-order valence-electron chi connectivity index (χ4n) is 3.10. The summed E-state index contributed by atoms with van der Waals surface area (Å²) in [6.07, 6.45) is 4.61. The molecule has 1 aliphatic heterocycles. The number of piperidine rings is 1. The van der Waals surface area contributed by atoms with Crippen molar-refractivity contribution in [2.24, 2.45) is 0 Å². The molecule has 2 aromatic heterocycles. The highest BCUT2D eigenvalue weighted by molar-refractivity contribution is 6.05. The van der Waals surface area contributed by atoms with Crippen molar-refractivity contribution in [1.29, 1.82) is 0 Å². The van der Waals surface area contributed by atoms with Crippen molar-refractivity contribution in [3.63, 3.8) is 0 Å². The second-order valence-corrected chi connectivity index (χ2v) is 5.64. The third kappa shape index (κ3) is 2.41. The first-order valence-corrected chi connectivity index (χ1v) is 7.80. The maximum Gasteiger partial charge on any atom is 0.196 e. The normalized spacial score (nSPS) is 15.2. The van der Waals surface area contributed by atoms with E-state index in [1.54, 1.807) is 0 Å². The summed E-state index contributed by atoms with van der Waals surface area (Å²) in [5.41, 5.74) is 2.70. The Hall–Kier alpha value is -1.81. The van der Waals surface area contributed by atoms with Crippen molar-refractivity contribution in [3.05, 3.63) is 30.1 Å². The number of rotatable bonds is 2. The molecule has 1 aliphatic rings. The molecule has 22 heavy (non-hydrogen) atoms. The first-order chi connectivity index (χ1) is 10.4. The van der Waals surface area contributed by atoms with Crippen LogP contribution < -0.4 is 17.3 Å². The van der Waals surface area contributed by atoms with Gasteiger partial charge in [-0.05, 0) is 31.4 Å². The van der Waals surface area contributed by atoms with Crippen molar-refractivity contribution in [2.45, 2.75) is 32.6 Å². The monoisotopic (exact) mass is 316 g/mol. The molecule has 0 saturated carbocycles. The van der Waals surface area contributed by atoms with Gasteiger partial charge in [0.05, 0.1) is 0 Å². The van der Waals surface area contributed by atoms with Crippen LogP contribution in [0.4, 0.5) is 5.82 Å². The van der Waals surface area contributed by atoms with Crippen LogP contribution in [0.15, 0.2) is 28.7 Å². The number of anilines is 1. The van der Waals surface area contributed by atoms with E-state index in [2.05, 4.69) is 17.9 Å². The van der Waals surface area contributed by atoms with Gasteiger partial charge in [0.25, 0.3) is 0 Å². The summed E-state index contributed by atoms with van der Waals surface area (Å²) in [4.78, 5) is 11.8. The highest BCUT2D eigenvalue weighted by Crippen LogP contribution is 2.33. The number of hydrogen-bond acceptors (Lipinski definition) is 4. The molecule has 116 valence electrons. The lowest BCUT2D eigenvalue weighted by atomic mass is 10.1. The molecule has 0 N–H and O–H groups in total. The minimum Gasteiger partial charge on any atom is -1.00 e. The van der Waals surface area contributed by atoms with Crippen LogP contribution >= 0.6 is 0 Å². The topological polar surface area (TPSA) is 42.2 Å². The number of halogens is 1. The minimum atomic E-state index is 0. The van der Waals surface area contributed by atoms with Gasteiger partial charge in [0.15, 0.2) is 11.4 Å². The second kappa shape index (κ2) is 6.13. The summed E-state index contributed by atoms with van der Waals surface area (Å²) in [6, 6.07) is 8.11. The summed E-state index contributed by atoms with van der Waals surface area (Å²) in [5.74, 6) is 1.88. The van der Waals surface area contributed by atoms with Crippen molar-refractivity contribution >= 4 is 27.9 Å². The van der Waals surface area contributed by atoms with Crippen LogP contribution in [-0.2, 0) is 6.42 Å². The van der Waals surface area contributed by atoms with E-state index in [4.69, 9.17) is 14.4 Å². The fourth-order valence-corrected chi connectivity index (χ4v) is 3.10. The van der Waals surface area contributed by atoms with Crippen LogP contribution in [0.2, 0.25) is 0 Å². The smallest absolute Gasteiger partial charge is 0.196 e. The van der Waals surface area contributed by atoms with E-state index < -0.39 is 0 Å². The van der Waals surface area contributed by atoms with Gasteiger partial charge in [-0.15, -0.1) is 0 Å². The highest BCUT2D eigenvalue weighted by atomic mass is 35.5. The van der Waals surface area contributed by atoms with Crippen molar-refractivity contribution in [2.75, 3.05) is 18.0 Å². The average molecular weight is 317 g/mol. The summed E-state index contributed by atoms with van der Waals surface area (Å²) in [6.45, 7) is 4.22. The Morgan fingerprint density at radius 2 is 1.86 bits per heavy atom. The van der Waals surface area contributed by atoms with Gasteiger partial charge in [0, 0.05) is 24.9 Å². The Morgan fingerprint density at radius 3 is 2.64 bits per heavy atom. The first kappa shape index (κ1) is 15.1. The summed E-state index contributed by atoms with van der Waals surface area (Å²) < 4.78 is 6.07. The predicted octanol–water partition coefficient (Wildman–Crippen LogP) is 0.933. The van der Waals surface area contributed by atoms with Crippen molar-refractivity contribution < 1.29 is 16.8 Å². The lowest BCUT2D eigenvalue weighted by Crippen LogP contribution is -3.00. The van der Waals surface area contributed by atoms with E-state index in [0.717, 1.165) is 53.2 Å². The molecule has 0 unspecified atom stereocenters. The zero-order valence-electron chi connectivity index (χ0n) is 12.7. The molecular formula is C17H19ClN3O-. The number of furan rings is 1. The first-order valence-electron chi connectivity index (χ1n) is 7.80. The second-order valence-electron chi connectivity index (χ2n) is 5.64. The SMILES string of the molecule is CCc1nc(N2CCCCC2)c2oc3ccccc3c2n1.[Cl-]. The van der Waals surface area contributed by atoms with Crippen LogP contribution in [0.5, 0.6) is 0 Å². The van der Waals surface area contributed by atoms with Crippen LogP contribution in [0, 0.1) is 0 Å². The van der Waals surface area contributed by atoms with Gasteiger partial charge in [-0.25, -0.2) is 9.97 Å². The summed E-state index contributed by atoms with van der Waals surface area (Å²) in [7, 11) is 0. The van der Waals surface area contributed by atoms with Crippen LogP contribution in [0.3, 0.4) is 0 Å². The van der Waals surface area contributed by atoms with Gasteiger partial charge in [-0.2, -0.15) is 0 Å². The molecule has 1 fully saturated rings. The average Bonchev–Trinajstić information content (AvgIpc) is 2.93. The number of aromatic nitrogens is 2. The van der Waals surface area contributed by atoms with E-state index in [0.29, 0.717) is 0 Å². The molecule has 4 nitrogen and oxygen atoms in total. The summed E-state index contributed by atoms with van der Waals surface area (Å²) in [5, 5.41) is 1.09. The maximum absolute atomic E-state index is 6.07. The molecule has 0 spiro atoms. The number of fused-ring (bicyclic) bond motifs is 3. The third-order valence-corrected chi connectivity index (χ3v) is 4.22. The zero-order chi connectivity index (χ0) is 14.2. The Kier molecular flexibility index (Phi) is 4.21. The van der Waals surface area contributed by atoms with Gasteiger partial charge >= 0.3 is 0 Å². The molecule has 5 heteroatoms. The number of aryl methyl sites for hydroxylation is 1. The largest absolute Gasteiger partial charge is 1.00 e. The molecule has 0 amide bonds. The molecule has 0 radical (unpaired) electrons. The Morgan fingerprint density at radius 1 is 1.09 bits per heavy atom. The van der Waals surface area contributed by atoms with Crippen LogP contribution in [0.25, 0.3) is 22.1 Å². The fraction of sp³-hybridized carbons (Fsp3) is 0.412. The van der Waals surface area contributed by atoms with E-state index in [1.807, 2.05) is 18.2 Å². The van der Waals surface area contributed by atoms with Gasteiger partial charge in [0.2, 0.25) is 0 Å². The van der Waals surface area contributed by atoms with Gasteiger partial charge < -0.3 is 21.7 Å². The minimum absolute atomic E-state index is 0. The molecule has 4 rings (SSSR count). The highest BCUT2D eigenvalue weighted by Gasteiger charge is 2.21. The molecular weight excluding hydrogens is 298 g/mol. The number of benzene rings is 1. The summed E-state index contributed by atoms with van der Waals surface area (Å²) >= 11 is 0. The van der Waals surface area contributed by atoms with Crippen LogP contribution in [-0.4, -0.2) is 23.1 Å². The van der Waals surface area contributed by atoms with Gasteiger partial charge in [0.1, 0.15) is 16.9 Å². The molecule has 0 atom stereocenters. The number of nitrogens with zero attached hydrogens (tertiary/aromatic N) is 3. The van der Waals surface area contributed by atoms with Crippen molar-refractivity contribution in [1.82, 2.24) is 9.97 Å². The lowest BCUT2D eigenvalue weighted by Gasteiger charge is -2.27. The molecule has 0 bridgehead atoms. The Bertz CT molecular complexity index is 793. The van der Waals surface area contributed by atoms with Crippen molar-refractivity contribution in [3.8, 4) is 0 Å². The number of hydrogen-bond donors (Lipinski definition) is 0. The Labute approximate surface area is 135 Å². The molecule has 0 aliphatic carbocycles. The van der Waals surface area contributed by atoms with Gasteiger partial charge in [-0.1, -0.05) is 19.1 Å². The number of para-hydroxylation sites is 1. The molecule has 3 aromatic rings. The predicted molar refractivity (Wildman–Crippen MR) is 84.8 cm³/mol. The molecule has 1 aromatic carbocycles. The quantitative estimate of drug-likeness (QED) is 0.705. The van der Waals surface area contributed by atoms with E-state index >= 15 is 0 Å². The Balaban J connectivity index is 0.00000144. The van der Waals surface area contributed by atoms with Gasteiger partial charge in [-0.3, -0.25) is 0 Å². The van der Waals surface area contributed by atoms with E-state index in [-0.39, 0.29) is 12.4 Å². The zero-order valence-corrected chi connectivity index (χ0v) is 13.4. The van der Waals surface area contributed by atoms with E-state index in [9.17, 15) is 0 Å². The van der Waals surface area contributed by atoms with Crippen LogP contribution in [0.1, 0.15) is 32.0 Å². The van der Waals surface area contributed by atoms with E-state index in [1.165, 1.54) is 19.3 Å². The third-order valence-electron chi connectivity index (χ3n) is 4.22. The lowest BCUT2D eigenvalue weighted by molar-refractivity contribution is -0.00000483. The standard InChI is InChI=1S/C17H19N3O.ClH/c1-2-14-18-15-12-8-4-5-9-13(12)21-16(15)17(19-14)20-10-6-3-7-11-20;/h4-5,8-9H,2-3,6-7,10-11H2,1H3;1H/p-1. The molecule has 1 saturated heterocycles. The maximum atomic E-state index is 6.07. The molecule has 3 heterocycles.